The Hall–Kier alpha value is -3.46. The van der Waals surface area contributed by atoms with Crippen LogP contribution in [0.3, 0.4) is 0 Å². The van der Waals surface area contributed by atoms with Crippen LogP contribution in [-0.4, -0.2) is 60.6 Å². The van der Waals surface area contributed by atoms with E-state index in [1.807, 2.05) is 24.6 Å². The average molecular weight is 474 g/mol. The van der Waals surface area contributed by atoms with E-state index in [2.05, 4.69) is 32.0 Å². The summed E-state index contributed by atoms with van der Waals surface area (Å²) < 4.78 is 21.6. The number of ether oxygens (including phenoxy) is 1. The van der Waals surface area contributed by atoms with Gasteiger partial charge >= 0.3 is 6.01 Å². The first-order valence-electron chi connectivity index (χ1n) is 12.2. The molecule has 35 heavy (non-hydrogen) atoms. The molecule has 0 radical (unpaired) electrons. The number of halogens is 1. The number of aromatic nitrogens is 6. The molecule has 1 atom stereocenters. The molecule has 180 valence electrons. The number of hydrogen-bond acceptors (Lipinski definition) is 7. The van der Waals surface area contributed by atoms with E-state index in [4.69, 9.17) is 14.7 Å². The van der Waals surface area contributed by atoms with Crippen molar-refractivity contribution in [2.75, 3.05) is 26.2 Å². The van der Waals surface area contributed by atoms with E-state index in [1.54, 1.807) is 6.20 Å². The molecule has 2 bridgehead atoms. The third kappa shape index (κ3) is 4.14. The number of aryl methyl sites for hydroxylation is 1. The molecule has 4 aromatic heterocycles. The van der Waals surface area contributed by atoms with Crippen LogP contribution < -0.4 is 4.74 Å². The van der Waals surface area contributed by atoms with Crippen molar-refractivity contribution in [2.24, 2.45) is 5.92 Å². The van der Waals surface area contributed by atoms with Crippen LogP contribution in [0.1, 0.15) is 42.6 Å². The molecule has 0 aliphatic carbocycles. The standard InChI is InChI=1S/C26H28FN7O/c1-3-35-26-30-16(2)23-25(32-26)34(24(31-23)19-10-20(27)13-28-12-19)14-17-4-5-22(29-11-17)21-15-33-8-6-18(21)7-9-33/h4-5,10-13,18,21H,3,6-9,14-15H2,1-2H3. The first-order valence-corrected chi connectivity index (χ1v) is 12.2. The predicted octanol–water partition coefficient (Wildman–Crippen LogP) is 3.99. The first kappa shape index (κ1) is 22.0. The summed E-state index contributed by atoms with van der Waals surface area (Å²) in [5.74, 6) is 1.42. The number of nitrogens with zero attached hydrogens (tertiary/aromatic N) is 7. The van der Waals surface area contributed by atoms with Gasteiger partial charge in [0.2, 0.25) is 0 Å². The van der Waals surface area contributed by atoms with Gasteiger partial charge in [-0.3, -0.25) is 9.97 Å². The molecule has 0 amide bonds. The van der Waals surface area contributed by atoms with Crippen molar-refractivity contribution in [2.45, 2.75) is 39.2 Å². The molecule has 0 aromatic carbocycles. The third-order valence-corrected chi connectivity index (χ3v) is 7.21. The number of pyridine rings is 2. The van der Waals surface area contributed by atoms with Crippen LogP contribution >= 0.6 is 0 Å². The van der Waals surface area contributed by atoms with Gasteiger partial charge in [-0.2, -0.15) is 9.97 Å². The molecule has 1 unspecified atom stereocenters. The number of hydrogen-bond donors (Lipinski definition) is 0. The van der Waals surface area contributed by atoms with E-state index in [9.17, 15) is 4.39 Å². The molecule has 0 N–H and O–H groups in total. The number of imidazole rings is 1. The second-order valence-electron chi connectivity index (χ2n) is 9.45. The number of rotatable bonds is 6. The Balaban J connectivity index is 1.39. The van der Waals surface area contributed by atoms with E-state index in [0.717, 1.165) is 18.0 Å². The lowest BCUT2D eigenvalue weighted by atomic mass is 9.77. The highest BCUT2D eigenvalue weighted by Crippen LogP contribution is 2.38. The van der Waals surface area contributed by atoms with Crippen molar-refractivity contribution in [1.29, 1.82) is 0 Å². The maximum atomic E-state index is 14.0. The molecular weight excluding hydrogens is 445 g/mol. The SMILES string of the molecule is CCOc1nc(C)c2nc(-c3cncc(F)c3)n(Cc3ccc(C4CN5CCC4CC5)nc3)c2n1. The fourth-order valence-corrected chi connectivity index (χ4v) is 5.44. The minimum Gasteiger partial charge on any atom is -0.464 e. The van der Waals surface area contributed by atoms with Crippen LogP contribution in [0.4, 0.5) is 4.39 Å². The minimum absolute atomic E-state index is 0.304. The largest absolute Gasteiger partial charge is 0.464 e. The first-order chi connectivity index (χ1) is 17.1. The molecule has 3 aliphatic rings. The molecule has 0 spiro atoms. The van der Waals surface area contributed by atoms with E-state index in [1.165, 1.54) is 43.9 Å². The third-order valence-electron chi connectivity index (χ3n) is 7.21. The van der Waals surface area contributed by atoms with E-state index in [0.29, 0.717) is 53.3 Å². The number of piperidine rings is 3. The van der Waals surface area contributed by atoms with Gasteiger partial charge in [0.25, 0.3) is 0 Å². The lowest BCUT2D eigenvalue weighted by Gasteiger charge is -2.44. The molecule has 7 heterocycles. The van der Waals surface area contributed by atoms with Gasteiger partial charge in [0.05, 0.1) is 25.0 Å². The molecular formula is C26H28FN7O. The monoisotopic (exact) mass is 473 g/mol. The van der Waals surface area contributed by atoms with Crippen molar-refractivity contribution in [3.05, 3.63) is 59.6 Å². The van der Waals surface area contributed by atoms with Gasteiger partial charge in [-0.25, -0.2) is 9.37 Å². The molecule has 0 saturated carbocycles. The predicted molar refractivity (Wildman–Crippen MR) is 130 cm³/mol. The average Bonchev–Trinajstić information content (AvgIpc) is 3.24. The minimum atomic E-state index is -0.414. The van der Waals surface area contributed by atoms with Crippen LogP contribution in [0.5, 0.6) is 6.01 Å². The van der Waals surface area contributed by atoms with Gasteiger partial charge in [0.15, 0.2) is 5.65 Å². The number of fused-ring (bicyclic) bond motifs is 4. The lowest BCUT2D eigenvalue weighted by molar-refractivity contribution is 0.0854. The van der Waals surface area contributed by atoms with Crippen LogP contribution in [0.25, 0.3) is 22.6 Å². The fraction of sp³-hybridized carbons (Fsp3) is 0.423. The normalized spacial score (nSPS) is 21.5. The zero-order valence-electron chi connectivity index (χ0n) is 20.0. The summed E-state index contributed by atoms with van der Waals surface area (Å²) in [6.07, 6.45) is 7.28. The van der Waals surface area contributed by atoms with E-state index in [-0.39, 0.29) is 0 Å². The quantitative estimate of drug-likeness (QED) is 0.419. The summed E-state index contributed by atoms with van der Waals surface area (Å²) in [6.45, 7) is 8.26. The summed E-state index contributed by atoms with van der Waals surface area (Å²) in [5.41, 5.74) is 4.78. The van der Waals surface area contributed by atoms with Crippen LogP contribution in [0.15, 0.2) is 36.8 Å². The second kappa shape index (κ2) is 8.96. The highest BCUT2D eigenvalue weighted by molar-refractivity contribution is 5.79. The second-order valence-corrected chi connectivity index (χ2v) is 9.45. The maximum absolute atomic E-state index is 14.0. The Labute approximate surface area is 203 Å². The van der Waals surface area contributed by atoms with Gasteiger partial charge in [0.1, 0.15) is 17.2 Å². The molecule has 3 fully saturated rings. The van der Waals surface area contributed by atoms with Crippen molar-refractivity contribution >= 4 is 11.2 Å². The van der Waals surface area contributed by atoms with Crippen molar-refractivity contribution in [3.63, 3.8) is 0 Å². The Morgan fingerprint density at radius 1 is 1.09 bits per heavy atom. The molecule has 3 aliphatic heterocycles. The summed E-state index contributed by atoms with van der Waals surface area (Å²) in [6, 6.07) is 6.04. The highest BCUT2D eigenvalue weighted by atomic mass is 19.1. The molecule has 7 rings (SSSR count). The van der Waals surface area contributed by atoms with Gasteiger partial charge in [-0.1, -0.05) is 6.07 Å². The van der Waals surface area contributed by atoms with Gasteiger partial charge in [-0.05, 0) is 63.4 Å². The molecule has 3 saturated heterocycles. The zero-order chi connectivity index (χ0) is 23.9. The van der Waals surface area contributed by atoms with Crippen LogP contribution in [-0.2, 0) is 6.54 Å². The van der Waals surface area contributed by atoms with Crippen molar-refractivity contribution in [3.8, 4) is 17.4 Å². The fourth-order valence-electron chi connectivity index (χ4n) is 5.44. The zero-order valence-corrected chi connectivity index (χ0v) is 20.0. The van der Waals surface area contributed by atoms with E-state index >= 15 is 0 Å². The van der Waals surface area contributed by atoms with E-state index < -0.39 is 5.82 Å². The Bertz CT molecular complexity index is 1360. The summed E-state index contributed by atoms with van der Waals surface area (Å²) >= 11 is 0. The topological polar surface area (TPSA) is 81.9 Å². The molecule has 4 aromatic rings. The lowest BCUT2D eigenvalue weighted by Crippen LogP contribution is -2.46. The Morgan fingerprint density at radius 3 is 2.63 bits per heavy atom. The molecule has 8 nitrogen and oxygen atoms in total. The van der Waals surface area contributed by atoms with Gasteiger partial charge in [-0.15, -0.1) is 0 Å². The summed E-state index contributed by atoms with van der Waals surface area (Å²) in [4.78, 5) is 25.3. The molecule has 9 heteroatoms. The summed E-state index contributed by atoms with van der Waals surface area (Å²) in [7, 11) is 0. The van der Waals surface area contributed by atoms with Crippen molar-refractivity contribution < 1.29 is 9.13 Å². The Kier molecular flexibility index (Phi) is 5.64. The van der Waals surface area contributed by atoms with Gasteiger partial charge < -0.3 is 14.2 Å². The highest BCUT2D eigenvalue weighted by Gasteiger charge is 2.35. The maximum Gasteiger partial charge on any atom is 0.318 e. The smallest absolute Gasteiger partial charge is 0.318 e. The Morgan fingerprint density at radius 2 is 1.94 bits per heavy atom. The van der Waals surface area contributed by atoms with Gasteiger partial charge in [0, 0.05) is 36.1 Å². The summed E-state index contributed by atoms with van der Waals surface area (Å²) in [5, 5.41) is 0. The van der Waals surface area contributed by atoms with Crippen LogP contribution in [0.2, 0.25) is 0 Å². The van der Waals surface area contributed by atoms with Crippen LogP contribution in [0, 0.1) is 18.7 Å². The van der Waals surface area contributed by atoms with Crippen molar-refractivity contribution in [1.82, 2.24) is 34.4 Å².